The molecule has 0 aromatic carbocycles. The first-order valence-corrected chi connectivity index (χ1v) is 7.90. The Morgan fingerprint density at radius 1 is 0.875 bits per heavy atom. The van der Waals surface area contributed by atoms with Crippen LogP contribution in [0.1, 0.15) is 33.6 Å². The fourth-order valence-electron chi connectivity index (χ4n) is 4.40. The lowest BCUT2D eigenvalue weighted by Gasteiger charge is -2.69. The number of hydrogen-bond donors (Lipinski definition) is 4. The van der Waals surface area contributed by atoms with Gasteiger partial charge in [-0.2, -0.15) is 0 Å². The minimum atomic E-state index is -1.28. The van der Waals surface area contributed by atoms with Crippen molar-refractivity contribution in [3.8, 4) is 0 Å². The van der Waals surface area contributed by atoms with E-state index in [1.165, 1.54) is 0 Å². The first kappa shape index (κ1) is 18.7. The molecule has 0 aromatic heterocycles. The Hall–Kier alpha value is -1.62. The van der Waals surface area contributed by atoms with E-state index in [1.54, 1.807) is 13.8 Å². The largest absolute Gasteiger partial charge is 0.376 e. The van der Waals surface area contributed by atoms with Crippen LogP contribution in [0.25, 0.3) is 0 Å². The Bertz CT molecular complexity index is 481. The van der Waals surface area contributed by atoms with Gasteiger partial charge in [-0.1, -0.05) is 27.2 Å². The summed E-state index contributed by atoms with van der Waals surface area (Å²) < 4.78 is 0. The minimum Gasteiger partial charge on any atom is -0.376 e. The summed E-state index contributed by atoms with van der Waals surface area (Å²) in [6, 6.07) is -1.33. The van der Waals surface area contributed by atoms with Gasteiger partial charge in [0.25, 0.3) is 0 Å². The van der Waals surface area contributed by atoms with Crippen molar-refractivity contribution in [3.05, 3.63) is 0 Å². The van der Waals surface area contributed by atoms with Crippen molar-refractivity contribution >= 4 is 12.1 Å². The number of rotatable bonds is 6. The Morgan fingerprint density at radius 3 is 1.58 bits per heavy atom. The molecule has 2 aliphatic heterocycles. The second-order valence-electron chi connectivity index (χ2n) is 6.59. The Kier molecular flexibility index (Phi) is 4.96. The van der Waals surface area contributed by atoms with Crippen LogP contribution in [0.15, 0.2) is 0 Å². The molecule has 2 bridgehead atoms. The van der Waals surface area contributed by atoms with Gasteiger partial charge >= 0.3 is 12.1 Å². The summed E-state index contributed by atoms with van der Waals surface area (Å²) >= 11 is 0. The van der Waals surface area contributed by atoms with Gasteiger partial charge < -0.3 is 20.4 Å². The molecule has 0 aromatic rings. The predicted molar refractivity (Wildman–Crippen MR) is 81.7 cm³/mol. The Balaban J connectivity index is 2.77. The van der Waals surface area contributed by atoms with E-state index in [0.29, 0.717) is 12.8 Å². The predicted octanol–water partition coefficient (Wildman–Crippen LogP) is -0.890. The number of amides is 4. The van der Waals surface area contributed by atoms with E-state index in [-0.39, 0.29) is 0 Å². The van der Waals surface area contributed by atoms with Gasteiger partial charge in [0.05, 0.1) is 0 Å². The second kappa shape index (κ2) is 6.36. The zero-order valence-electron chi connectivity index (χ0n) is 14.2. The van der Waals surface area contributed by atoms with Crippen LogP contribution in [0, 0.1) is 5.41 Å². The summed E-state index contributed by atoms with van der Waals surface area (Å²) in [4.78, 5) is 29.9. The topological polar surface area (TPSA) is 128 Å². The molecule has 0 radical (unpaired) electrons. The molecule has 10 heteroatoms. The zero-order chi connectivity index (χ0) is 18.3. The Morgan fingerprint density at radius 2 is 1.29 bits per heavy atom. The van der Waals surface area contributed by atoms with Crippen LogP contribution in [-0.4, -0.2) is 90.8 Å². The molecule has 2 saturated heterocycles. The van der Waals surface area contributed by atoms with E-state index in [2.05, 4.69) is 0 Å². The summed E-state index contributed by atoms with van der Waals surface area (Å²) in [6.45, 7) is 2.74. The van der Waals surface area contributed by atoms with Gasteiger partial charge in [0.2, 0.25) is 0 Å². The van der Waals surface area contributed by atoms with E-state index in [4.69, 9.17) is 0 Å². The SMILES string of the molecule is CCCC12N(CO)C(=O)N(CO)C(N(CO)C(=O)N1CO)C2(C)C. The quantitative estimate of drug-likeness (QED) is 0.494. The highest BCUT2D eigenvalue weighted by Crippen LogP contribution is 2.53. The van der Waals surface area contributed by atoms with Crippen LogP contribution in [0.4, 0.5) is 9.59 Å². The summed E-state index contributed by atoms with van der Waals surface area (Å²) in [6.07, 6.45) is -0.0000624. The van der Waals surface area contributed by atoms with Crippen molar-refractivity contribution in [2.45, 2.75) is 45.4 Å². The van der Waals surface area contributed by atoms with Gasteiger partial charge in [-0.25, -0.2) is 9.59 Å². The number of hydrogen-bond acceptors (Lipinski definition) is 6. The number of urea groups is 2. The monoisotopic (exact) mass is 346 g/mol. The molecule has 2 fully saturated rings. The lowest BCUT2D eigenvalue weighted by molar-refractivity contribution is -0.251. The average Bonchev–Trinajstić information content (AvgIpc) is 2.53. The zero-order valence-corrected chi connectivity index (χ0v) is 14.2. The van der Waals surface area contributed by atoms with Crippen molar-refractivity contribution in [2.24, 2.45) is 5.41 Å². The molecule has 0 spiro atoms. The van der Waals surface area contributed by atoms with Gasteiger partial charge in [-0.15, -0.1) is 0 Å². The van der Waals surface area contributed by atoms with E-state index >= 15 is 0 Å². The Labute approximate surface area is 140 Å². The van der Waals surface area contributed by atoms with Gasteiger partial charge in [-0.3, -0.25) is 19.6 Å². The molecule has 2 rings (SSSR count). The average molecular weight is 346 g/mol. The van der Waals surface area contributed by atoms with Crippen LogP contribution in [-0.2, 0) is 0 Å². The third-order valence-corrected chi connectivity index (χ3v) is 5.30. The number of carbonyl (C=O) groups excluding carboxylic acids is 2. The molecule has 0 unspecified atom stereocenters. The number of carbonyl (C=O) groups is 2. The highest BCUT2D eigenvalue weighted by molar-refractivity contribution is 5.84. The van der Waals surface area contributed by atoms with E-state index < -0.39 is 56.2 Å². The highest BCUT2D eigenvalue weighted by atomic mass is 16.3. The molecule has 10 nitrogen and oxygen atoms in total. The summed E-state index contributed by atoms with van der Waals surface area (Å²) in [5.41, 5.74) is -2.16. The number of aliphatic hydroxyl groups excluding tert-OH is 4. The van der Waals surface area contributed by atoms with E-state index in [1.807, 2.05) is 6.92 Å². The number of nitrogens with zero attached hydrogens (tertiary/aromatic N) is 4. The second-order valence-corrected chi connectivity index (χ2v) is 6.59. The third-order valence-electron chi connectivity index (χ3n) is 5.30. The molecular weight excluding hydrogens is 320 g/mol. The maximum absolute atomic E-state index is 12.8. The van der Waals surface area contributed by atoms with Crippen molar-refractivity contribution in [1.29, 1.82) is 0 Å². The maximum Gasteiger partial charge on any atom is 0.327 e. The third kappa shape index (κ3) is 2.03. The first-order chi connectivity index (χ1) is 11.3. The summed E-state index contributed by atoms with van der Waals surface area (Å²) in [5, 5.41) is 39.0. The van der Waals surface area contributed by atoms with Gasteiger partial charge in [0.15, 0.2) is 0 Å². The summed E-state index contributed by atoms with van der Waals surface area (Å²) in [7, 11) is 0. The molecule has 4 N–H and O–H groups in total. The smallest absolute Gasteiger partial charge is 0.327 e. The van der Waals surface area contributed by atoms with Crippen molar-refractivity contribution in [2.75, 3.05) is 26.9 Å². The maximum atomic E-state index is 12.8. The van der Waals surface area contributed by atoms with Crippen molar-refractivity contribution in [3.63, 3.8) is 0 Å². The molecule has 2 aliphatic rings. The number of aliphatic hydroxyl groups is 4. The molecule has 0 saturated carbocycles. The van der Waals surface area contributed by atoms with Gasteiger partial charge in [-0.05, 0) is 6.42 Å². The first-order valence-electron chi connectivity index (χ1n) is 7.90. The van der Waals surface area contributed by atoms with Crippen LogP contribution >= 0.6 is 0 Å². The van der Waals surface area contributed by atoms with E-state index in [9.17, 15) is 30.0 Å². The summed E-state index contributed by atoms with van der Waals surface area (Å²) in [5.74, 6) is 0. The van der Waals surface area contributed by atoms with Crippen LogP contribution < -0.4 is 0 Å². The molecule has 24 heavy (non-hydrogen) atoms. The van der Waals surface area contributed by atoms with E-state index in [0.717, 1.165) is 19.6 Å². The van der Waals surface area contributed by atoms with Crippen molar-refractivity contribution < 1.29 is 30.0 Å². The fraction of sp³-hybridized carbons (Fsp3) is 0.857. The van der Waals surface area contributed by atoms with Crippen molar-refractivity contribution in [1.82, 2.24) is 19.6 Å². The van der Waals surface area contributed by atoms with Gasteiger partial charge in [0, 0.05) is 5.41 Å². The van der Waals surface area contributed by atoms with Crippen LogP contribution in [0.2, 0.25) is 0 Å². The lowest BCUT2D eigenvalue weighted by atomic mass is 9.67. The molecule has 138 valence electrons. The fourth-order valence-corrected chi connectivity index (χ4v) is 4.40. The minimum absolute atomic E-state index is 0.327. The van der Waals surface area contributed by atoms with Crippen LogP contribution in [0.3, 0.4) is 0 Å². The van der Waals surface area contributed by atoms with Crippen LogP contribution in [0.5, 0.6) is 0 Å². The standard InChI is InChI=1S/C14H26N4O6/c1-4-5-14-13(2,3)10(15(6-19)11(23)17(14)8-21)16(7-20)12(24)18(14)9-22/h10,19-22H,4-9H2,1-3H3. The molecule has 2 heterocycles. The normalized spacial score (nSPS) is 29.5. The van der Waals surface area contributed by atoms with Gasteiger partial charge in [0.1, 0.15) is 38.8 Å². The molecular formula is C14H26N4O6. The molecule has 4 amide bonds. The molecule has 0 aliphatic carbocycles. The molecule has 0 atom stereocenters. The number of fused-ring (bicyclic) bond motifs is 2. The highest BCUT2D eigenvalue weighted by Gasteiger charge is 2.70. The lowest BCUT2D eigenvalue weighted by Crippen LogP contribution is -2.87.